The molecule has 0 saturated heterocycles. The molecule has 2 N–H and O–H groups in total. The van der Waals surface area contributed by atoms with Crippen LogP contribution in [0.3, 0.4) is 0 Å². The largest absolute Gasteiger partial charge is 0.352 e. The van der Waals surface area contributed by atoms with Gasteiger partial charge in [-0.15, -0.1) is 0 Å². The summed E-state index contributed by atoms with van der Waals surface area (Å²) in [6.45, 7) is 1.06. The molecule has 112 valence electrons. The summed E-state index contributed by atoms with van der Waals surface area (Å²) in [5, 5.41) is 6.29. The zero-order valence-corrected chi connectivity index (χ0v) is 12.6. The Hall–Kier alpha value is -2.33. The van der Waals surface area contributed by atoms with Gasteiger partial charge in [0.25, 0.3) is 11.8 Å². The van der Waals surface area contributed by atoms with Gasteiger partial charge >= 0.3 is 0 Å². The van der Waals surface area contributed by atoms with Crippen molar-refractivity contribution in [3.63, 3.8) is 0 Å². The molecule has 3 rings (SSSR count). The molecule has 2 amide bonds. The fraction of sp³-hybridized carbons (Fsp3) is 0.176. The number of carbonyl (C=O) groups excluding carboxylic acids is 2. The van der Waals surface area contributed by atoms with Gasteiger partial charge in [-0.2, -0.15) is 0 Å². The van der Waals surface area contributed by atoms with Crippen molar-refractivity contribution in [3.8, 4) is 0 Å². The van der Waals surface area contributed by atoms with Crippen molar-refractivity contribution in [2.45, 2.75) is 13.0 Å². The number of benzene rings is 2. The van der Waals surface area contributed by atoms with E-state index < -0.39 is 0 Å². The summed E-state index contributed by atoms with van der Waals surface area (Å²) in [4.78, 5) is 24.0. The first-order chi connectivity index (χ1) is 10.6. The second kappa shape index (κ2) is 6.20. The average Bonchev–Trinajstić information content (AvgIpc) is 2.54. The van der Waals surface area contributed by atoms with Crippen LogP contribution >= 0.6 is 11.6 Å². The topological polar surface area (TPSA) is 58.2 Å². The molecule has 1 aliphatic heterocycles. The van der Waals surface area contributed by atoms with Gasteiger partial charge in [-0.3, -0.25) is 9.59 Å². The molecule has 22 heavy (non-hydrogen) atoms. The van der Waals surface area contributed by atoms with E-state index in [1.807, 2.05) is 18.2 Å². The maximum absolute atomic E-state index is 12.2. The number of fused-ring (bicyclic) bond motifs is 1. The van der Waals surface area contributed by atoms with Crippen molar-refractivity contribution in [2.24, 2.45) is 0 Å². The molecule has 0 radical (unpaired) electrons. The Bertz CT molecular complexity index is 726. The molecule has 2 aromatic rings. The lowest BCUT2D eigenvalue weighted by molar-refractivity contribution is 0.0946. The maximum atomic E-state index is 12.2. The van der Waals surface area contributed by atoms with Crippen molar-refractivity contribution < 1.29 is 9.59 Å². The fourth-order valence-electron chi connectivity index (χ4n) is 2.44. The highest BCUT2D eigenvalue weighted by atomic mass is 35.5. The molecule has 0 bridgehead atoms. The van der Waals surface area contributed by atoms with Crippen LogP contribution in [0.1, 0.15) is 31.8 Å². The smallest absolute Gasteiger partial charge is 0.251 e. The van der Waals surface area contributed by atoms with Gasteiger partial charge in [-0.05, 0) is 41.8 Å². The predicted octanol–water partition coefficient (Wildman–Crippen LogP) is 2.56. The Kier molecular flexibility index (Phi) is 4.11. The van der Waals surface area contributed by atoms with Gasteiger partial charge in [0.1, 0.15) is 0 Å². The van der Waals surface area contributed by atoms with Crippen molar-refractivity contribution in [3.05, 3.63) is 69.7 Å². The minimum atomic E-state index is -0.198. The van der Waals surface area contributed by atoms with Crippen LogP contribution in [0.4, 0.5) is 0 Å². The minimum absolute atomic E-state index is 0.117. The molecule has 4 nitrogen and oxygen atoms in total. The van der Waals surface area contributed by atoms with Gasteiger partial charge in [0, 0.05) is 29.2 Å². The molecule has 0 unspecified atom stereocenters. The Morgan fingerprint density at radius 3 is 2.73 bits per heavy atom. The first-order valence-corrected chi connectivity index (χ1v) is 7.45. The standard InChI is InChI=1S/C17H15ClN2O2/c18-14-5-1-11(2-6-14)10-20-16(21)13-4-3-12-7-8-19-17(22)15(12)9-13/h1-6,9H,7-8,10H2,(H,19,22)(H,20,21). The second-order valence-corrected chi connectivity index (χ2v) is 5.62. The van der Waals surface area contributed by atoms with Crippen molar-refractivity contribution in [2.75, 3.05) is 6.54 Å². The zero-order chi connectivity index (χ0) is 15.5. The number of amides is 2. The van der Waals surface area contributed by atoms with E-state index in [1.54, 1.807) is 24.3 Å². The van der Waals surface area contributed by atoms with E-state index in [2.05, 4.69) is 10.6 Å². The molecule has 0 atom stereocenters. The van der Waals surface area contributed by atoms with E-state index in [4.69, 9.17) is 11.6 Å². The van der Waals surface area contributed by atoms with Crippen LogP contribution in [0, 0.1) is 0 Å². The number of hydrogen-bond donors (Lipinski definition) is 2. The summed E-state index contributed by atoms with van der Waals surface area (Å²) in [7, 11) is 0. The van der Waals surface area contributed by atoms with Crippen molar-refractivity contribution >= 4 is 23.4 Å². The summed E-state index contributed by atoms with van der Waals surface area (Å²) < 4.78 is 0. The van der Waals surface area contributed by atoms with Gasteiger partial charge in [0.15, 0.2) is 0 Å². The first kappa shape index (κ1) is 14.6. The summed E-state index contributed by atoms with van der Waals surface area (Å²) in [6.07, 6.45) is 0.799. The van der Waals surface area contributed by atoms with E-state index in [9.17, 15) is 9.59 Å². The molecule has 0 aliphatic carbocycles. The predicted molar refractivity (Wildman–Crippen MR) is 85.1 cm³/mol. The number of rotatable bonds is 3. The normalized spacial score (nSPS) is 13.2. The highest BCUT2D eigenvalue weighted by molar-refractivity contribution is 6.30. The summed E-state index contributed by atoms with van der Waals surface area (Å²) in [6, 6.07) is 12.6. The molecule has 1 heterocycles. The Morgan fingerprint density at radius 1 is 1.18 bits per heavy atom. The Labute approximate surface area is 133 Å². The summed E-state index contributed by atoms with van der Waals surface area (Å²) >= 11 is 5.83. The van der Waals surface area contributed by atoms with Gasteiger partial charge < -0.3 is 10.6 Å². The lowest BCUT2D eigenvalue weighted by atomic mass is 9.97. The third kappa shape index (κ3) is 3.12. The van der Waals surface area contributed by atoms with Gasteiger partial charge in [-0.25, -0.2) is 0 Å². The van der Waals surface area contributed by atoms with Crippen molar-refractivity contribution in [1.82, 2.24) is 10.6 Å². The average molecular weight is 315 g/mol. The highest BCUT2D eigenvalue weighted by Crippen LogP contribution is 2.16. The molecule has 0 saturated carbocycles. The third-order valence-corrected chi connectivity index (χ3v) is 3.91. The van der Waals surface area contributed by atoms with Crippen LogP contribution in [-0.4, -0.2) is 18.4 Å². The van der Waals surface area contributed by atoms with Crippen LogP contribution < -0.4 is 10.6 Å². The van der Waals surface area contributed by atoms with E-state index >= 15 is 0 Å². The SMILES string of the molecule is O=C(NCc1ccc(Cl)cc1)c1ccc2c(c1)C(=O)NCC2. The Morgan fingerprint density at radius 2 is 1.95 bits per heavy atom. The molecule has 5 heteroatoms. The zero-order valence-electron chi connectivity index (χ0n) is 11.9. The molecule has 1 aliphatic rings. The number of halogens is 1. The van der Waals surface area contributed by atoms with Crippen LogP contribution in [-0.2, 0) is 13.0 Å². The van der Waals surface area contributed by atoms with Crippen LogP contribution in [0.15, 0.2) is 42.5 Å². The molecular formula is C17H15ClN2O2. The van der Waals surface area contributed by atoms with E-state index in [-0.39, 0.29) is 11.8 Å². The number of hydrogen-bond acceptors (Lipinski definition) is 2. The van der Waals surface area contributed by atoms with Gasteiger partial charge in [0.2, 0.25) is 0 Å². The number of nitrogens with one attached hydrogen (secondary N) is 2. The van der Waals surface area contributed by atoms with Gasteiger partial charge in [0.05, 0.1) is 0 Å². The van der Waals surface area contributed by atoms with E-state index in [1.165, 1.54) is 0 Å². The molecule has 0 fully saturated rings. The van der Waals surface area contributed by atoms with Gasteiger partial charge in [-0.1, -0.05) is 29.8 Å². The fourth-order valence-corrected chi connectivity index (χ4v) is 2.57. The maximum Gasteiger partial charge on any atom is 0.251 e. The molecule has 0 aromatic heterocycles. The van der Waals surface area contributed by atoms with Crippen molar-refractivity contribution in [1.29, 1.82) is 0 Å². The van der Waals surface area contributed by atoms with E-state index in [0.717, 1.165) is 17.5 Å². The summed E-state index contributed by atoms with van der Waals surface area (Å²) in [5.41, 5.74) is 3.03. The summed E-state index contributed by atoms with van der Waals surface area (Å²) in [5.74, 6) is -0.315. The highest BCUT2D eigenvalue weighted by Gasteiger charge is 2.18. The quantitative estimate of drug-likeness (QED) is 0.914. The molecular weight excluding hydrogens is 300 g/mol. The van der Waals surface area contributed by atoms with Crippen LogP contribution in [0.2, 0.25) is 5.02 Å². The lowest BCUT2D eigenvalue weighted by Crippen LogP contribution is -2.32. The first-order valence-electron chi connectivity index (χ1n) is 7.07. The van der Waals surface area contributed by atoms with E-state index in [0.29, 0.717) is 29.2 Å². The van der Waals surface area contributed by atoms with Crippen LogP contribution in [0.25, 0.3) is 0 Å². The molecule has 2 aromatic carbocycles. The third-order valence-electron chi connectivity index (χ3n) is 3.66. The second-order valence-electron chi connectivity index (χ2n) is 5.19. The van der Waals surface area contributed by atoms with Crippen LogP contribution in [0.5, 0.6) is 0 Å². The lowest BCUT2D eigenvalue weighted by Gasteiger charge is -2.17. The monoisotopic (exact) mass is 314 g/mol. The molecule has 0 spiro atoms. The number of carbonyl (C=O) groups is 2. The minimum Gasteiger partial charge on any atom is -0.352 e. The Balaban J connectivity index is 1.71.